The third-order valence-corrected chi connectivity index (χ3v) is 2.77. The van der Waals surface area contributed by atoms with Crippen LogP contribution in [0.1, 0.15) is 18.4 Å². The first kappa shape index (κ1) is 11.3. The maximum absolute atomic E-state index is 10.7. The summed E-state index contributed by atoms with van der Waals surface area (Å²) in [7, 11) is 0. The van der Waals surface area contributed by atoms with Crippen LogP contribution in [0.5, 0.6) is 5.75 Å². The summed E-state index contributed by atoms with van der Waals surface area (Å²) in [5.41, 5.74) is 0.639. The largest absolute Gasteiger partial charge is 0.493 e. The molecule has 16 heavy (non-hydrogen) atoms. The van der Waals surface area contributed by atoms with Gasteiger partial charge in [-0.15, -0.1) is 0 Å². The summed E-state index contributed by atoms with van der Waals surface area (Å²) in [6.07, 6.45) is 2.37. The van der Waals surface area contributed by atoms with E-state index in [1.807, 2.05) is 0 Å². The van der Waals surface area contributed by atoms with Gasteiger partial charge < -0.3 is 9.84 Å². The number of ether oxygens (including phenoxy) is 1. The van der Waals surface area contributed by atoms with Crippen LogP contribution >= 0.6 is 11.6 Å². The first-order valence-electron chi connectivity index (χ1n) is 5.28. The van der Waals surface area contributed by atoms with Gasteiger partial charge in [-0.05, 0) is 37.0 Å². The highest BCUT2D eigenvalue weighted by molar-refractivity contribution is 6.30. The van der Waals surface area contributed by atoms with Crippen molar-refractivity contribution in [2.24, 2.45) is 5.92 Å². The van der Waals surface area contributed by atoms with E-state index in [4.69, 9.17) is 21.4 Å². The molecule has 1 N–H and O–H groups in total. The molecule has 0 aliphatic heterocycles. The Labute approximate surface area is 99.0 Å². The van der Waals surface area contributed by atoms with Gasteiger partial charge in [0.2, 0.25) is 0 Å². The summed E-state index contributed by atoms with van der Waals surface area (Å²) < 4.78 is 5.59. The predicted octanol–water partition coefficient (Wildman–Crippen LogP) is 2.76. The van der Waals surface area contributed by atoms with Crippen LogP contribution in [-0.4, -0.2) is 17.7 Å². The number of hydrogen-bond donors (Lipinski definition) is 1. The molecule has 0 heterocycles. The minimum atomic E-state index is -0.876. The Morgan fingerprint density at radius 3 is 2.88 bits per heavy atom. The second-order valence-corrected chi connectivity index (χ2v) is 4.51. The lowest BCUT2D eigenvalue weighted by atomic mass is 10.1. The van der Waals surface area contributed by atoms with E-state index in [1.54, 1.807) is 18.2 Å². The zero-order valence-electron chi connectivity index (χ0n) is 8.78. The maximum Gasteiger partial charge on any atom is 0.307 e. The fourth-order valence-electron chi connectivity index (χ4n) is 1.48. The number of aliphatic carboxylic acids is 1. The van der Waals surface area contributed by atoms with Crippen LogP contribution in [0.25, 0.3) is 0 Å². The predicted molar refractivity (Wildman–Crippen MR) is 61.0 cm³/mol. The smallest absolute Gasteiger partial charge is 0.307 e. The molecule has 0 radical (unpaired) electrons. The average Bonchev–Trinajstić information content (AvgIpc) is 2.99. The van der Waals surface area contributed by atoms with E-state index in [9.17, 15) is 4.79 Å². The Bertz CT molecular complexity index is 399. The van der Waals surface area contributed by atoms with Crippen LogP contribution in [0, 0.1) is 5.92 Å². The summed E-state index contributed by atoms with van der Waals surface area (Å²) in [6.45, 7) is 0.675. The number of rotatable bonds is 5. The lowest BCUT2D eigenvalue weighted by Crippen LogP contribution is -2.05. The fourth-order valence-corrected chi connectivity index (χ4v) is 1.68. The van der Waals surface area contributed by atoms with Crippen molar-refractivity contribution in [2.75, 3.05) is 6.61 Å². The molecule has 1 aromatic carbocycles. The summed E-state index contributed by atoms with van der Waals surface area (Å²) in [5.74, 6) is 0.408. The molecule has 2 rings (SSSR count). The lowest BCUT2D eigenvalue weighted by Gasteiger charge is -2.10. The van der Waals surface area contributed by atoms with Gasteiger partial charge in [0.05, 0.1) is 13.0 Å². The number of benzene rings is 1. The average molecular weight is 241 g/mol. The molecule has 0 amide bonds. The molecule has 0 saturated heterocycles. The van der Waals surface area contributed by atoms with E-state index in [-0.39, 0.29) is 6.42 Å². The molecular formula is C12H13ClO3. The lowest BCUT2D eigenvalue weighted by molar-refractivity contribution is -0.136. The van der Waals surface area contributed by atoms with Gasteiger partial charge >= 0.3 is 5.97 Å². The monoisotopic (exact) mass is 240 g/mol. The normalized spacial score (nSPS) is 14.8. The van der Waals surface area contributed by atoms with E-state index in [0.717, 1.165) is 0 Å². The molecule has 1 aliphatic carbocycles. The molecule has 86 valence electrons. The summed E-state index contributed by atoms with van der Waals surface area (Å²) >= 11 is 5.83. The Morgan fingerprint density at radius 1 is 1.50 bits per heavy atom. The molecule has 1 aromatic rings. The van der Waals surface area contributed by atoms with E-state index < -0.39 is 5.97 Å². The minimum Gasteiger partial charge on any atom is -0.493 e. The Hall–Kier alpha value is -1.22. The van der Waals surface area contributed by atoms with Crippen LogP contribution in [-0.2, 0) is 11.2 Å². The Kier molecular flexibility index (Phi) is 3.34. The third kappa shape index (κ3) is 3.14. The Balaban J connectivity index is 2.09. The molecule has 0 unspecified atom stereocenters. The van der Waals surface area contributed by atoms with Crippen LogP contribution < -0.4 is 4.74 Å². The SMILES string of the molecule is O=C(O)Cc1cc(Cl)ccc1OCC1CC1. The van der Waals surface area contributed by atoms with Crippen molar-refractivity contribution in [1.29, 1.82) is 0 Å². The molecule has 0 bridgehead atoms. The summed E-state index contributed by atoms with van der Waals surface area (Å²) in [6, 6.07) is 5.11. The van der Waals surface area contributed by atoms with Crippen molar-refractivity contribution in [3.63, 3.8) is 0 Å². The van der Waals surface area contributed by atoms with Gasteiger partial charge in [-0.2, -0.15) is 0 Å². The number of halogens is 1. The van der Waals surface area contributed by atoms with Crippen molar-refractivity contribution in [2.45, 2.75) is 19.3 Å². The molecule has 1 fully saturated rings. The van der Waals surface area contributed by atoms with Gasteiger partial charge in [-0.1, -0.05) is 11.6 Å². The third-order valence-electron chi connectivity index (χ3n) is 2.54. The summed E-state index contributed by atoms with van der Waals surface area (Å²) in [4.78, 5) is 10.7. The van der Waals surface area contributed by atoms with Gasteiger partial charge in [0.25, 0.3) is 0 Å². The first-order valence-corrected chi connectivity index (χ1v) is 5.66. The van der Waals surface area contributed by atoms with Crippen LogP contribution in [0.15, 0.2) is 18.2 Å². The number of carbonyl (C=O) groups is 1. The summed E-state index contributed by atoms with van der Waals surface area (Å²) in [5, 5.41) is 9.31. The van der Waals surface area contributed by atoms with Crippen molar-refractivity contribution < 1.29 is 14.6 Å². The van der Waals surface area contributed by atoms with Gasteiger partial charge in [0.1, 0.15) is 5.75 Å². The number of hydrogen-bond acceptors (Lipinski definition) is 2. The zero-order valence-corrected chi connectivity index (χ0v) is 9.54. The first-order chi connectivity index (χ1) is 7.65. The second kappa shape index (κ2) is 4.74. The highest BCUT2D eigenvalue weighted by Gasteiger charge is 2.22. The van der Waals surface area contributed by atoms with Crippen molar-refractivity contribution >= 4 is 17.6 Å². The van der Waals surface area contributed by atoms with Crippen LogP contribution in [0.4, 0.5) is 0 Å². The molecule has 1 saturated carbocycles. The van der Waals surface area contributed by atoms with Gasteiger partial charge in [-0.25, -0.2) is 0 Å². The van der Waals surface area contributed by atoms with Gasteiger partial charge in [0.15, 0.2) is 0 Å². The van der Waals surface area contributed by atoms with Crippen molar-refractivity contribution in [3.8, 4) is 5.75 Å². The van der Waals surface area contributed by atoms with E-state index in [0.29, 0.717) is 28.9 Å². The van der Waals surface area contributed by atoms with Crippen LogP contribution in [0.3, 0.4) is 0 Å². The van der Waals surface area contributed by atoms with Crippen LogP contribution in [0.2, 0.25) is 5.02 Å². The quantitative estimate of drug-likeness (QED) is 0.861. The fraction of sp³-hybridized carbons (Fsp3) is 0.417. The van der Waals surface area contributed by atoms with E-state index >= 15 is 0 Å². The maximum atomic E-state index is 10.7. The molecular weight excluding hydrogens is 228 g/mol. The highest BCUT2D eigenvalue weighted by atomic mass is 35.5. The molecule has 3 nitrogen and oxygen atoms in total. The minimum absolute atomic E-state index is 0.0550. The van der Waals surface area contributed by atoms with Gasteiger partial charge in [0, 0.05) is 10.6 Å². The van der Waals surface area contributed by atoms with E-state index in [2.05, 4.69) is 0 Å². The van der Waals surface area contributed by atoms with Gasteiger partial charge in [-0.3, -0.25) is 4.79 Å². The number of carboxylic acid groups (broad SMARTS) is 1. The zero-order chi connectivity index (χ0) is 11.5. The van der Waals surface area contributed by atoms with Crippen molar-refractivity contribution in [3.05, 3.63) is 28.8 Å². The molecule has 0 aromatic heterocycles. The molecule has 0 atom stereocenters. The van der Waals surface area contributed by atoms with E-state index in [1.165, 1.54) is 12.8 Å². The molecule has 0 spiro atoms. The second-order valence-electron chi connectivity index (χ2n) is 4.08. The topological polar surface area (TPSA) is 46.5 Å². The molecule has 4 heteroatoms. The standard InChI is InChI=1S/C12H13ClO3/c13-10-3-4-11(16-7-8-1-2-8)9(5-10)6-12(14)15/h3-5,8H,1-2,6-7H2,(H,14,15). The Morgan fingerprint density at radius 2 is 2.25 bits per heavy atom. The number of carboxylic acids is 1. The molecule has 1 aliphatic rings. The highest BCUT2D eigenvalue weighted by Crippen LogP contribution is 2.31. The van der Waals surface area contributed by atoms with Crippen molar-refractivity contribution in [1.82, 2.24) is 0 Å².